The molecule has 1 heterocycles. The Morgan fingerprint density at radius 1 is 0.810 bits per heavy atom. The summed E-state index contributed by atoms with van der Waals surface area (Å²) >= 11 is 0. The SMILES string of the molecule is CC(=O)OCC[N+]1(CCOC(C)=O)N=N1.c1ccccc1. The number of hydrogen-bond acceptors (Lipinski definition) is 6. The second-order valence-electron chi connectivity index (χ2n) is 4.34. The highest BCUT2D eigenvalue weighted by molar-refractivity contribution is 5.66. The molecule has 0 saturated carbocycles. The zero-order valence-corrected chi connectivity index (χ0v) is 12.3. The fourth-order valence-corrected chi connectivity index (χ4v) is 1.40. The van der Waals surface area contributed by atoms with Gasteiger partial charge in [0, 0.05) is 13.8 Å². The lowest BCUT2D eigenvalue weighted by Crippen LogP contribution is -2.33. The lowest BCUT2D eigenvalue weighted by Gasteiger charge is -2.09. The van der Waals surface area contributed by atoms with Crippen LogP contribution in [0.2, 0.25) is 0 Å². The van der Waals surface area contributed by atoms with Gasteiger partial charge in [0.15, 0.2) is 13.1 Å². The molecule has 0 saturated heterocycles. The molecule has 0 bridgehead atoms. The predicted molar refractivity (Wildman–Crippen MR) is 74.6 cm³/mol. The Morgan fingerprint density at radius 3 is 1.38 bits per heavy atom. The summed E-state index contributed by atoms with van der Waals surface area (Å²) in [5.41, 5.74) is 0. The van der Waals surface area contributed by atoms with Crippen molar-refractivity contribution in [3.8, 4) is 0 Å². The van der Waals surface area contributed by atoms with Gasteiger partial charge in [-0.1, -0.05) is 36.4 Å². The quantitative estimate of drug-likeness (QED) is 0.593. The maximum absolute atomic E-state index is 10.5. The van der Waals surface area contributed by atoms with Gasteiger partial charge in [0.2, 0.25) is 0 Å². The Kier molecular flexibility index (Phi) is 7.03. The van der Waals surface area contributed by atoms with Crippen molar-refractivity contribution < 1.29 is 23.8 Å². The zero-order chi connectivity index (χ0) is 15.6. The third-order valence-corrected chi connectivity index (χ3v) is 2.52. The van der Waals surface area contributed by atoms with Gasteiger partial charge in [-0.25, -0.2) is 0 Å². The molecule has 7 nitrogen and oxygen atoms in total. The highest BCUT2D eigenvalue weighted by Gasteiger charge is 2.42. The summed E-state index contributed by atoms with van der Waals surface area (Å²) in [6.45, 7) is 4.20. The van der Waals surface area contributed by atoms with Crippen molar-refractivity contribution in [2.24, 2.45) is 10.4 Å². The molecule has 0 atom stereocenters. The molecule has 0 amide bonds. The van der Waals surface area contributed by atoms with Crippen LogP contribution in [0.1, 0.15) is 13.8 Å². The number of carbonyl (C=O) groups is 2. The average Bonchev–Trinajstić information content (AvgIpc) is 3.21. The standard InChI is InChI=1S/C8H14N3O4.C6H6/c1-7(12)14-5-3-11(9-10-11)4-6-15-8(2)13;1-2-4-6-5-3-1/h3-6H2,1-2H3;1-6H/q+1;. The fraction of sp³-hybridized carbons (Fsp3) is 0.429. The van der Waals surface area contributed by atoms with E-state index >= 15 is 0 Å². The maximum atomic E-state index is 10.5. The summed E-state index contributed by atoms with van der Waals surface area (Å²) in [5, 5.41) is 7.61. The van der Waals surface area contributed by atoms with Gasteiger partial charge in [0.25, 0.3) is 0 Å². The van der Waals surface area contributed by atoms with Crippen molar-refractivity contribution in [3.63, 3.8) is 0 Å². The number of esters is 2. The van der Waals surface area contributed by atoms with E-state index in [9.17, 15) is 9.59 Å². The van der Waals surface area contributed by atoms with Gasteiger partial charge >= 0.3 is 11.9 Å². The molecular weight excluding hydrogens is 274 g/mol. The topological polar surface area (TPSA) is 77.3 Å². The van der Waals surface area contributed by atoms with E-state index in [0.717, 1.165) is 0 Å². The molecule has 1 aliphatic rings. The molecular formula is C14H20N3O4+. The number of carbonyl (C=O) groups excluding carboxylic acids is 2. The third kappa shape index (κ3) is 8.48. The van der Waals surface area contributed by atoms with E-state index in [1.165, 1.54) is 13.8 Å². The Morgan fingerprint density at radius 2 is 1.14 bits per heavy atom. The molecule has 7 heteroatoms. The van der Waals surface area contributed by atoms with Gasteiger partial charge in [-0.3, -0.25) is 9.59 Å². The minimum atomic E-state index is -0.324. The minimum absolute atomic E-state index is 0.153. The van der Waals surface area contributed by atoms with Crippen LogP contribution >= 0.6 is 0 Å². The normalized spacial score (nSPS) is 13.6. The van der Waals surface area contributed by atoms with Crippen LogP contribution in [0, 0.1) is 0 Å². The van der Waals surface area contributed by atoms with Gasteiger partial charge in [-0.15, -0.1) is 0 Å². The van der Waals surface area contributed by atoms with E-state index < -0.39 is 0 Å². The first-order chi connectivity index (χ1) is 10.0. The van der Waals surface area contributed by atoms with E-state index in [1.54, 1.807) is 0 Å². The molecule has 1 aromatic rings. The summed E-state index contributed by atoms with van der Waals surface area (Å²) in [7, 11) is 0. The molecule has 0 unspecified atom stereocenters. The molecule has 114 valence electrons. The van der Waals surface area contributed by atoms with Crippen LogP contribution in [-0.4, -0.2) is 42.9 Å². The van der Waals surface area contributed by atoms with E-state index in [4.69, 9.17) is 9.47 Å². The van der Waals surface area contributed by atoms with Crippen LogP contribution < -0.4 is 0 Å². The Balaban J connectivity index is 0.000000304. The molecule has 2 rings (SSSR count). The summed E-state index contributed by atoms with van der Waals surface area (Å²) < 4.78 is 9.68. The Hall–Kier alpha value is -2.28. The van der Waals surface area contributed by atoms with Gasteiger partial charge in [0.05, 0.1) is 0 Å². The van der Waals surface area contributed by atoms with Crippen LogP contribution in [0.25, 0.3) is 0 Å². The summed E-state index contributed by atoms with van der Waals surface area (Å²) in [4.78, 5) is 21.0. The molecule has 0 spiro atoms. The molecule has 0 N–H and O–H groups in total. The summed E-state index contributed by atoms with van der Waals surface area (Å²) in [6, 6.07) is 12.0. The minimum Gasteiger partial charge on any atom is -0.460 e. The van der Waals surface area contributed by atoms with Crippen LogP contribution in [0.4, 0.5) is 0 Å². The molecule has 1 aliphatic heterocycles. The molecule has 0 aromatic heterocycles. The highest BCUT2D eigenvalue weighted by Crippen LogP contribution is 2.23. The lowest BCUT2D eigenvalue weighted by molar-refractivity contribution is -0.851. The first-order valence-corrected chi connectivity index (χ1v) is 6.63. The molecule has 21 heavy (non-hydrogen) atoms. The highest BCUT2D eigenvalue weighted by atomic mass is 16.5. The van der Waals surface area contributed by atoms with E-state index in [0.29, 0.717) is 13.1 Å². The maximum Gasteiger partial charge on any atom is 0.302 e. The molecule has 0 aliphatic carbocycles. The van der Waals surface area contributed by atoms with Crippen LogP contribution in [0.5, 0.6) is 0 Å². The smallest absolute Gasteiger partial charge is 0.302 e. The van der Waals surface area contributed by atoms with Crippen molar-refractivity contribution in [1.29, 1.82) is 0 Å². The predicted octanol–water partition coefficient (Wildman–Crippen LogP) is 1.91. The van der Waals surface area contributed by atoms with Gasteiger partial charge in [-0.2, -0.15) is 0 Å². The zero-order valence-electron chi connectivity index (χ0n) is 12.3. The fourth-order valence-electron chi connectivity index (χ4n) is 1.40. The van der Waals surface area contributed by atoms with E-state index in [2.05, 4.69) is 10.4 Å². The van der Waals surface area contributed by atoms with Crippen molar-refractivity contribution in [2.75, 3.05) is 26.3 Å². The van der Waals surface area contributed by atoms with Crippen molar-refractivity contribution in [3.05, 3.63) is 36.4 Å². The number of quaternary nitrogens is 1. The molecule has 1 aromatic carbocycles. The second kappa shape index (κ2) is 8.80. The van der Waals surface area contributed by atoms with Crippen LogP contribution in [0.3, 0.4) is 0 Å². The summed E-state index contributed by atoms with van der Waals surface area (Å²) in [5.74, 6) is -0.648. The Labute approximate surface area is 123 Å². The van der Waals surface area contributed by atoms with Crippen molar-refractivity contribution >= 4 is 11.9 Å². The van der Waals surface area contributed by atoms with Gasteiger partial charge < -0.3 is 9.47 Å². The van der Waals surface area contributed by atoms with E-state index in [1.807, 2.05) is 36.4 Å². The van der Waals surface area contributed by atoms with Crippen LogP contribution in [0.15, 0.2) is 46.8 Å². The number of hydrogen-bond donors (Lipinski definition) is 0. The van der Waals surface area contributed by atoms with E-state index in [-0.39, 0.29) is 29.9 Å². The first kappa shape index (κ1) is 16.8. The first-order valence-electron chi connectivity index (χ1n) is 6.63. The second-order valence-corrected chi connectivity index (χ2v) is 4.34. The number of ether oxygens (including phenoxy) is 2. The molecule has 0 fully saturated rings. The largest absolute Gasteiger partial charge is 0.460 e. The van der Waals surface area contributed by atoms with Gasteiger partial charge in [0.1, 0.15) is 23.7 Å². The van der Waals surface area contributed by atoms with Gasteiger partial charge in [-0.05, 0) is 4.70 Å². The lowest BCUT2D eigenvalue weighted by atomic mass is 10.4. The van der Waals surface area contributed by atoms with Crippen molar-refractivity contribution in [2.45, 2.75) is 13.8 Å². The number of nitrogens with zero attached hydrogens (tertiary/aromatic N) is 3. The van der Waals surface area contributed by atoms with Crippen LogP contribution in [-0.2, 0) is 19.1 Å². The average molecular weight is 294 g/mol. The monoisotopic (exact) mass is 294 g/mol. The number of benzene rings is 1. The Bertz CT molecular complexity index is 422. The third-order valence-electron chi connectivity index (χ3n) is 2.52. The molecule has 0 radical (unpaired) electrons. The number of rotatable bonds is 6. The summed E-state index contributed by atoms with van der Waals surface area (Å²) in [6.07, 6.45) is 0. The van der Waals surface area contributed by atoms with Crippen molar-refractivity contribution in [1.82, 2.24) is 0 Å².